The maximum Gasteiger partial charge on any atom is 0.318 e. The van der Waals surface area contributed by atoms with Gasteiger partial charge in [-0.3, -0.25) is 5.10 Å². The van der Waals surface area contributed by atoms with Crippen LogP contribution in [0.5, 0.6) is 0 Å². The summed E-state index contributed by atoms with van der Waals surface area (Å²) in [6, 6.07) is 0.716. The number of hydrogen-bond acceptors (Lipinski definition) is 2. The highest BCUT2D eigenvalue weighted by Gasteiger charge is 2.35. The second-order valence-electron chi connectivity index (χ2n) is 5.42. The van der Waals surface area contributed by atoms with Crippen molar-refractivity contribution in [1.82, 2.24) is 20.4 Å². The van der Waals surface area contributed by atoms with Crippen LogP contribution in [0.1, 0.15) is 48.7 Å². The Morgan fingerprint density at radius 3 is 2.78 bits per heavy atom. The van der Waals surface area contributed by atoms with Gasteiger partial charge in [0, 0.05) is 23.8 Å². The first kappa shape index (κ1) is 11.6. The lowest BCUT2D eigenvalue weighted by atomic mass is 10.0. The van der Waals surface area contributed by atoms with Crippen LogP contribution >= 0.6 is 0 Å². The molecule has 2 aliphatic rings. The fourth-order valence-electron chi connectivity index (χ4n) is 2.85. The van der Waals surface area contributed by atoms with E-state index in [0.29, 0.717) is 6.04 Å². The maximum absolute atomic E-state index is 12.2. The molecule has 1 aromatic heterocycles. The van der Waals surface area contributed by atoms with Gasteiger partial charge >= 0.3 is 6.03 Å². The Balaban J connectivity index is 1.80. The summed E-state index contributed by atoms with van der Waals surface area (Å²) in [5.41, 5.74) is 3.31. The number of amides is 2. The average Bonchev–Trinajstić information content (AvgIpc) is 2.90. The number of rotatable bonds is 2. The van der Waals surface area contributed by atoms with Gasteiger partial charge in [0.2, 0.25) is 0 Å². The van der Waals surface area contributed by atoms with Crippen molar-refractivity contribution in [2.24, 2.45) is 0 Å². The lowest BCUT2D eigenvalue weighted by Gasteiger charge is -2.25. The molecule has 2 fully saturated rings. The average molecular weight is 248 g/mol. The van der Waals surface area contributed by atoms with Gasteiger partial charge in [-0.05, 0) is 39.5 Å². The zero-order valence-electron chi connectivity index (χ0n) is 11.0. The molecule has 5 heteroatoms. The van der Waals surface area contributed by atoms with E-state index >= 15 is 0 Å². The van der Waals surface area contributed by atoms with Crippen LogP contribution in [0.3, 0.4) is 0 Å². The molecule has 3 rings (SSSR count). The zero-order valence-corrected chi connectivity index (χ0v) is 11.0. The molecule has 2 amide bonds. The standard InChI is InChI=1S/C13H20N4O/c1-8-12(9(2)16-15-8)11-4-3-7-17(11)13(18)14-10-5-6-10/h10-11H,3-7H2,1-2H3,(H,14,18)(H,15,16). The van der Waals surface area contributed by atoms with Gasteiger partial charge in [-0.2, -0.15) is 5.10 Å². The van der Waals surface area contributed by atoms with Gasteiger partial charge in [-0.15, -0.1) is 0 Å². The third kappa shape index (κ3) is 1.98. The molecule has 1 saturated carbocycles. The molecule has 1 atom stereocenters. The number of carbonyl (C=O) groups is 1. The van der Waals surface area contributed by atoms with E-state index in [9.17, 15) is 4.79 Å². The molecular formula is C13H20N4O. The minimum absolute atomic E-state index is 0.0972. The van der Waals surface area contributed by atoms with E-state index in [-0.39, 0.29) is 12.1 Å². The summed E-state index contributed by atoms with van der Waals surface area (Å²) >= 11 is 0. The molecule has 5 nitrogen and oxygen atoms in total. The third-order valence-electron chi connectivity index (χ3n) is 3.94. The number of hydrogen-bond donors (Lipinski definition) is 2. The highest BCUT2D eigenvalue weighted by molar-refractivity contribution is 5.76. The number of aromatic amines is 1. The molecule has 2 heterocycles. The van der Waals surface area contributed by atoms with Crippen LogP contribution in [0.2, 0.25) is 0 Å². The van der Waals surface area contributed by atoms with Crippen molar-refractivity contribution in [1.29, 1.82) is 0 Å². The zero-order chi connectivity index (χ0) is 12.7. The Morgan fingerprint density at radius 2 is 2.17 bits per heavy atom. The Morgan fingerprint density at radius 1 is 1.39 bits per heavy atom. The summed E-state index contributed by atoms with van der Waals surface area (Å²) in [5, 5.41) is 10.3. The van der Waals surface area contributed by atoms with E-state index in [1.165, 1.54) is 5.56 Å². The van der Waals surface area contributed by atoms with Crippen molar-refractivity contribution in [3.63, 3.8) is 0 Å². The molecule has 0 spiro atoms. The highest BCUT2D eigenvalue weighted by Crippen LogP contribution is 2.35. The minimum Gasteiger partial charge on any atom is -0.335 e. The fourth-order valence-corrected chi connectivity index (χ4v) is 2.85. The van der Waals surface area contributed by atoms with E-state index in [0.717, 1.165) is 43.6 Å². The van der Waals surface area contributed by atoms with Crippen LogP contribution in [0.4, 0.5) is 4.79 Å². The van der Waals surface area contributed by atoms with Gasteiger partial charge in [0.05, 0.1) is 11.7 Å². The molecule has 18 heavy (non-hydrogen) atoms. The van der Waals surface area contributed by atoms with E-state index < -0.39 is 0 Å². The van der Waals surface area contributed by atoms with Gasteiger partial charge < -0.3 is 10.2 Å². The van der Waals surface area contributed by atoms with Gasteiger partial charge in [0.1, 0.15) is 0 Å². The lowest BCUT2D eigenvalue weighted by Crippen LogP contribution is -2.40. The molecule has 1 aliphatic heterocycles. The monoisotopic (exact) mass is 248 g/mol. The van der Waals surface area contributed by atoms with Crippen molar-refractivity contribution in [2.45, 2.75) is 51.6 Å². The molecule has 1 saturated heterocycles. The van der Waals surface area contributed by atoms with Crippen LogP contribution in [0.25, 0.3) is 0 Å². The van der Waals surface area contributed by atoms with Crippen LogP contribution in [0, 0.1) is 13.8 Å². The number of aromatic nitrogens is 2. The normalized spacial score (nSPS) is 23.4. The van der Waals surface area contributed by atoms with Crippen LogP contribution < -0.4 is 5.32 Å². The SMILES string of the molecule is Cc1n[nH]c(C)c1C1CCCN1C(=O)NC1CC1. The first-order valence-electron chi connectivity index (χ1n) is 6.75. The minimum atomic E-state index is 0.0972. The largest absolute Gasteiger partial charge is 0.335 e. The maximum atomic E-state index is 12.2. The molecular weight excluding hydrogens is 228 g/mol. The Labute approximate surface area is 107 Å². The first-order valence-corrected chi connectivity index (χ1v) is 6.75. The fraction of sp³-hybridized carbons (Fsp3) is 0.692. The number of H-pyrrole nitrogens is 1. The van der Waals surface area contributed by atoms with Crippen molar-refractivity contribution in [3.8, 4) is 0 Å². The van der Waals surface area contributed by atoms with Gasteiger partial charge in [-0.25, -0.2) is 4.79 Å². The topological polar surface area (TPSA) is 61.0 Å². The Kier molecular flexibility index (Phi) is 2.76. The van der Waals surface area contributed by atoms with Crippen molar-refractivity contribution in [2.75, 3.05) is 6.54 Å². The summed E-state index contributed by atoms with van der Waals surface area (Å²) in [6.07, 6.45) is 4.38. The summed E-state index contributed by atoms with van der Waals surface area (Å²) in [6.45, 7) is 4.89. The van der Waals surface area contributed by atoms with E-state index in [1.807, 2.05) is 18.7 Å². The van der Waals surface area contributed by atoms with Crippen molar-refractivity contribution < 1.29 is 4.79 Å². The van der Waals surface area contributed by atoms with E-state index in [1.54, 1.807) is 0 Å². The Bertz CT molecular complexity index is 444. The molecule has 0 bridgehead atoms. The van der Waals surface area contributed by atoms with Crippen molar-refractivity contribution in [3.05, 3.63) is 17.0 Å². The third-order valence-corrected chi connectivity index (χ3v) is 3.94. The van der Waals surface area contributed by atoms with Crippen molar-refractivity contribution >= 4 is 6.03 Å². The number of nitrogens with zero attached hydrogens (tertiary/aromatic N) is 2. The Hall–Kier alpha value is -1.52. The molecule has 2 N–H and O–H groups in total. The quantitative estimate of drug-likeness (QED) is 0.841. The van der Waals surface area contributed by atoms with Crippen LogP contribution in [-0.4, -0.2) is 33.7 Å². The van der Waals surface area contributed by atoms with E-state index in [4.69, 9.17) is 0 Å². The number of aryl methyl sites for hydroxylation is 2. The molecule has 1 aliphatic carbocycles. The molecule has 98 valence electrons. The van der Waals surface area contributed by atoms with Gasteiger partial charge in [0.15, 0.2) is 0 Å². The summed E-state index contributed by atoms with van der Waals surface area (Å²) in [5.74, 6) is 0. The lowest BCUT2D eigenvalue weighted by molar-refractivity contribution is 0.192. The number of urea groups is 1. The van der Waals surface area contributed by atoms with Crippen LogP contribution in [0.15, 0.2) is 0 Å². The first-order chi connectivity index (χ1) is 8.66. The predicted molar refractivity (Wildman–Crippen MR) is 68.3 cm³/mol. The number of carbonyl (C=O) groups excluding carboxylic acids is 1. The molecule has 1 unspecified atom stereocenters. The second kappa shape index (κ2) is 4.30. The predicted octanol–water partition coefficient (Wildman–Crippen LogP) is 2.04. The summed E-state index contributed by atoms with van der Waals surface area (Å²) in [7, 11) is 0. The molecule has 1 aromatic rings. The molecule has 0 radical (unpaired) electrons. The number of nitrogens with one attached hydrogen (secondary N) is 2. The van der Waals surface area contributed by atoms with Gasteiger partial charge in [-0.1, -0.05) is 0 Å². The van der Waals surface area contributed by atoms with Crippen LogP contribution in [-0.2, 0) is 0 Å². The highest BCUT2D eigenvalue weighted by atomic mass is 16.2. The smallest absolute Gasteiger partial charge is 0.318 e. The van der Waals surface area contributed by atoms with E-state index in [2.05, 4.69) is 15.5 Å². The van der Waals surface area contributed by atoms with Gasteiger partial charge in [0.25, 0.3) is 0 Å². The summed E-state index contributed by atoms with van der Waals surface area (Å²) < 4.78 is 0. The summed E-state index contributed by atoms with van der Waals surface area (Å²) in [4.78, 5) is 14.2. The second-order valence-corrected chi connectivity index (χ2v) is 5.42. The molecule has 0 aromatic carbocycles. The number of likely N-dealkylation sites (tertiary alicyclic amines) is 1.